The van der Waals surface area contributed by atoms with Gasteiger partial charge in [0.25, 0.3) is 0 Å². The highest BCUT2D eigenvalue weighted by molar-refractivity contribution is 7.17. The molecule has 0 saturated carbocycles. The van der Waals surface area contributed by atoms with Gasteiger partial charge in [0.15, 0.2) is 5.72 Å². The number of nitrogens with one attached hydrogen (secondary N) is 1. The van der Waals surface area contributed by atoms with E-state index in [9.17, 15) is 5.11 Å². The second-order valence-electron chi connectivity index (χ2n) is 5.47. The van der Waals surface area contributed by atoms with Crippen molar-refractivity contribution in [2.24, 2.45) is 0 Å². The van der Waals surface area contributed by atoms with Crippen molar-refractivity contribution in [2.45, 2.75) is 19.1 Å². The average Bonchev–Trinajstić information content (AvgIpc) is 2.82. The standard InChI is InChI=1S/C15H21N3OS/c1-2-6-18-7-5-17-15(19,10-18)13-9-20-14-8-11(16)3-4-12(13)14/h3-4,8-9,17,19H,2,5-7,10,16H2,1H3. The summed E-state index contributed by atoms with van der Waals surface area (Å²) in [4.78, 5) is 2.32. The third-order valence-corrected chi connectivity index (χ3v) is 4.83. The molecule has 1 aliphatic heterocycles. The molecule has 1 unspecified atom stereocenters. The first kappa shape index (κ1) is 13.8. The van der Waals surface area contributed by atoms with Crippen molar-refractivity contribution in [3.05, 3.63) is 29.1 Å². The van der Waals surface area contributed by atoms with E-state index in [1.165, 1.54) is 0 Å². The molecule has 2 heterocycles. The summed E-state index contributed by atoms with van der Waals surface area (Å²) < 4.78 is 1.13. The highest BCUT2D eigenvalue weighted by Gasteiger charge is 2.36. The number of thiophene rings is 1. The van der Waals surface area contributed by atoms with Gasteiger partial charge in [-0.25, -0.2) is 0 Å². The predicted molar refractivity (Wildman–Crippen MR) is 84.9 cm³/mol. The van der Waals surface area contributed by atoms with Crippen LogP contribution in [0.2, 0.25) is 0 Å². The van der Waals surface area contributed by atoms with E-state index in [0.717, 1.165) is 47.4 Å². The second-order valence-corrected chi connectivity index (χ2v) is 6.38. The number of hydrogen-bond acceptors (Lipinski definition) is 5. The van der Waals surface area contributed by atoms with Crippen LogP contribution in [0.15, 0.2) is 23.6 Å². The number of nitrogens with two attached hydrogens (primary N) is 1. The third kappa shape index (κ3) is 2.42. The largest absolute Gasteiger partial charge is 0.399 e. The summed E-state index contributed by atoms with van der Waals surface area (Å²) in [7, 11) is 0. The molecular formula is C15H21N3OS. The number of fused-ring (bicyclic) bond motifs is 1. The first-order valence-corrected chi connectivity index (χ1v) is 7.97. The Kier molecular flexibility index (Phi) is 3.69. The molecule has 4 N–H and O–H groups in total. The van der Waals surface area contributed by atoms with E-state index in [1.54, 1.807) is 11.3 Å². The summed E-state index contributed by atoms with van der Waals surface area (Å²) in [5, 5.41) is 17.4. The number of nitrogen functional groups attached to an aromatic ring is 1. The zero-order valence-electron chi connectivity index (χ0n) is 11.7. The molecule has 0 amide bonds. The average molecular weight is 291 g/mol. The summed E-state index contributed by atoms with van der Waals surface area (Å²) in [6.07, 6.45) is 1.11. The monoisotopic (exact) mass is 291 g/mol. The molecule has 0 spiro atoms. The van der Waals surface area contributed by atoms with Crippen LogP contribution in [0.5, 0.6) is 0 Å². The topological polar surface area (TPSA) is 61.5 Å². The van der Waals surface area contributed by atoms with E-state index in [1.807, 2.05) is 23.6 Å². The molecule has 1 atom stereocenters. The number of rotatable bonds is 3. The summed E-state index contributed by atoms with van der Waals surface area (Å²) >= 11 is 1.64. The molecule has 3 rings (SSSR count). The Labute approximate surface area is 123 Å². The molecular weight excluding hydrogens is 270 g/mol. The minimum Gasteiger partial charge on any atom is -0.399 e. The quantitative estimate of drug-likeness (QED) is 0.756. The van der Waals surface area contributed by atoms with Crippen LogP contribution in [-0.2, 0) is 5.72 Å². The maximum absolute atomic E-state index is 11.0. The van der Waals surface area contributed by atoms with E-state index in [-0.39, 0.29) is 0 Å². The van der Waals surface area contributed by atoms with Crippen molar-refractivity contribution in [1.82, 2.24) is 10.2 Å². The van der Waals surface area contributed by atoms with Gasteiger partial charge < -0.3 is 10.8 Å². The van der Waals surface area contributed by atoms with Crippen LogP contribution in [0.4, 0.5) is 5.69 Å². The van der Waals surface area contributed by atoms with E-state index in [0.29, 0.717) is 6.54 Å². The highest BCUT2D eigenvalue weighted by Crippen LogP contribution is 2.34. The lowest BCUT2D eigenvalue weighted by molar-refractivity contribution is -0.0536. The maximum Gasteiger partial charge on any atom is 0.156 e. The zero-order valence-corrected chi connectivity index (χ0v) is 12.5. The summed E-state index contributed by atoms with van der Waals surface area (Å²) in [6.45, 7) is 5.63. The lowest BCUT2D eigenvalue weighted by Gasteiger charge is -2.40. The molecule has 1 fully saturated rings. The third-order valence-electron chi connectivity index (χ3n) is 3.88. The lowest BCUT2D eigenvalue weighted by atomic mass is 9.99. The van der Waals surface area contributed by atoms with Crippen molar-refractivity contribution >= 4 is 27.1 Å². The predicted octanol–water partition coefficient (Wildman–Crippen LogP) is 1.94. The summed E-state index contributed by atoms with van der Waals surface area (Å²) in [5.41, 5.74) is 6.61. The molecule has 0 aliphatic carbocycles. The van der Waals surface area contributed by atoms with Crippen LogP contribution in [0.25, 0.3) is 10.1 Å². The maximum atomic E-state index is 11.0. The van der Waals surface area contributed by atoms with Gasteiger partial charge in [0.1, 0.15) is 0 Å². The van der Waals surface area contributed by atoms with Crippen molar-refractivity contribution in [2.75, 3.05) is 31.9 Å². The Hall–Kier alpha value is -1.14. The van der Waals surface area contributed by atoms with Gasteiger partial charge in [-0.05, 0) is 30.5 Å². The van der Waals surface area contributed by atoms with Crippen LogP contribution in [0.3, 0.4) is 0 Å². The van der Waals surface area contributed by atoms with Crippen LogP contribution < -0.4 is 11.1 Å². The van der Waals surface area contributed by atoms with Gasteiger partial charge in [0.05, 0.1) is 0 Å². The van der Waals surface area contributed by atoms with Crippen LogP contribution in [-0.4, -0.2) is 36.2 Å². The minimum absolute atomic E-state index is 0.636. The number of benzene rings is 1. The Morgan fingerprint density at radius 1 is 1.50 bits per heavy atom. The fourth-order valence-electron chi connectivity index (χ4n) is 2.93. The van der Waals surface area contributed by atoms with Gasteiger partial charge in [-0.15, -0.1) is 11.3 Å². The molecule has 0 bridgehead atoms. The Morgan fingerprint density at radius 2 is 2.35 bits per heavy atom. The number of nitrogens with zero attached hydrogens (tertiary/aromatic N) is 1. The number of anilines is 1. The van der Waals surface area contributed by atoms with Crippen LogP contribution in [0, 0.1) is 0 Å². The molecule has 0 radical (unpaired) electrons. The first-order valence-electron chi connectivity index (χ1n) is 7.09. The molecule has 1 aliphatic rings. The Bertz CT molecular complexity index is 610. The van der Waals surface area contributed by atoms with Crippen LogP contribution in [0.1, 0.15) is 18.9 Å². The molecule has 2 aromatic rings. The van der Waals surface area contributed by atoms with Crippen molar-refractivity contribution in [1.29, 1.82) is 0 Å². The number of hydrogen-bond donors (Lipinski definition) is 3. The molecule has 5 heteroatoms. The molecule has 20 heavy (non-hydrogen) atoms. The Morgan fingerprint density at radius 3 is 3.15 bits per heavy atom. The Balaban J connectivity index is 1.96. The van der Waals surface area contributed by atoms with Gasteiger partial charge >= 0.3 is 0 Å². The van der Waals surface area contributed by atoms with E-state index in [2.05, 4.69) is 17.1 Å². The smallest absolute Gasteiger partial charge is 0.156 e. The van der Waals surface area contributed by atoms with Gasteiger partial charge in [0.2, 0.25) is 0 Å². The van der Waals surface area contributed by atoms with Gasteiger partial charge in [0, 0.05) is 41.0 Å². The summed E-state index contributed by atoms with van der Waals surface area (Å²) in [6, 6.07) is 5.88. The fourth-order valence-corrected chi connectivity index (χ4v) is 4.01. The molecule has 108 valence electrons. The van der Waals surface area contributed by atoms with Crippen molar-refractivity contribution in [3.8, 4) is 0 Å². The molecule has 1 aromatic heterocycles. The van der Waals surface area contributed by atoms with E-state index >= 15 is 0 Å². The van der Waals surface area contributed by atoms with E-state index in [4.69, 9.17) is 5.73 Å². The van der Waals surface area contributed by atoms with Crippen molar-refractivity contribution in [3.63, 3.8) is 0 Å². The number of piperazine rings is 1. The van der Waals surface area contributed by atoms with E-state index < -0.39 is 5.72 Å². The summed E-state index contributed by atoms with van der Waals surface area (Å²) in [5.74, 6) is 0. The molecule has 1 aromatic carbocycles. The number of β-amino-alcohol motifs (C(OH)–C–C–N with tert-alkyl or cyclic N) is 1. The zero-order chi connectivity index (χ0) is 14.2. The number of aliphatic hydroxyl groups is 1. The van der Waals surface area contributed by atoms with Crippen LogP contribution >= 0.6 is 11.3 Å². The fraction of sp³-hybridized carbons (Fsp3) is 0.467. The molecule has 4 nitrogen and oxygen atoms in total. The highest BCUT2D eigenvalue weighted by atomic mass is 32.1. The van der Waals surface area contributed by atoms with Gasteiger partial charge in [-0.1, -0.05) is 13.0 Å². The lowest BCUT2D eigenvalue weighted by Crippen LogP contribution is -2.58. The SMILES string of the molecule is CCCN1CCNC(O)(c2csc3cc(N)ccc23)C1. The minimum atomic E-state index is -0.957. The normalized spacial score (nSPS) is 24.3. The van der Waals surface area contributed by atoms with Crippen molar-refractivity contribution < 1.29 is 5.11 Å². The molecule has 1 saturated heterocycles. The van der Waals surface area contributed by atoms with Gasteiger partial charge in [-0.2, -0.15) is 0 Å². The van der Waals surface area contributed by atoms with Gasteiger partial charge in [-0.3, -0.25) is 10.2 Å². The second kappa shape index (κ2) is 5.33. The first-order chi connectivity index (χ1) is 9.62.